The van der Waals surface area contributed by atoms with E-state index in [9.17, 15) is 4.79 Å². The van der Waals surface area contributed by atoms with Crippen LogP contribution in [0.1, 0.15) is 48.0 Å². The maximum Gasteiger partial charge on any atom is 0.417 e. The van der Waals surface area contributed by atoms with Crippen LogP contribution in [0.3, 0.4) is 0 Å². The van der Waals surface area contributed by atoms with Crippen molar-refractivity contribution in [2.45, 2.75) is 54.1 Å². The van der Waals surface area contributed by atoms with E-state index in [0.717, 1.165) is 6.42 Å². The van der Waals surface area contributed by atoms with E-state index in [1.165, 1.54) is 0 Å². The minimum absolute atomic E-state index is 0.0619. The van der Waals surface area contributed by atoms with Gasteiger partial charge in [0.15, 0.2) is 0 Å². The molecule has 0 aliphatic heterocycles. The number of carbonyl (C=O) groups is 1. The molecular weight excluding hydrogens is 210 g/mol. The highest BCUT2D eigenvalue weighted by molar-refractivity contribution is 7.78. The Hall–Kier alpha value is -0.380. The van der Waals surface area contributed by atoms with E-state index in [1.54, 1.807) is 0 Å². The van der Waals surface area contributed by atoms with Crippen LogP contribution in [0.4, 0.5) is 4.79 Å². The fourth-order valence-electron chi connectivity index (χ4n) is 1.24. The molecule has 0 fully saturated rings. The highest BCUT2D eigenvalue weighted by Gasteiger charge is 2.32. The second-order valence-corrected chi connectivity index (χ2v) is 6.36. The molecule has 0 heterocycles. The summed E-state index contributed by atoms with van der Waals surface area (Å²) in [6.07, 6.45) is 0.240. The predicted molar refractivity (Wildman–Crippen MR) is 65.9 cm³/mol. The van der Waals surface area contributed by atoms with E-state index < -0.39 is 6.09 Å². The molecule has 1 atom stereocenters. The monoisotopic (exact) mass is 233 g/mol. The zero-order valence-electron chi connectivity index (χ0n) is 10.5. The lowest BCUT2D eigenvalue weighted by Crippen LogP contribution is -2.36. The Kier molecular flexibility index (Phi) is 4.97. The summed E-state index contributed by atoms with van der Waals surface area (Å²) in [5, 5.41) is 0. The average Bonchev–Trinajstić information content (AvgIpc) is 1.98. The minimum atomic E-state index is -0.484. The topological polar surface area (TPSA) is 38.3 Å². The number of carbonyl (C=O) groups excluding carboxylic acids is 1. The Labute approximate surface area is 98.5 Å². The first kappa shape index (κ1) is 14.6. The number of nitrogens with one attached hydrogen (secondary N) is 1. The Morgan fingerprint density at radius 1 is 1.27 bits per heavy atom. The lowest BCUT2D eigenvalue weighted by atomic mass is 9.78. The van der Waals surface area contributed by atoms with Crippen LogP contribution in [0.5, 0.6) is 0 Å². The molecule has 0 aromatic rings. The summed E-state index contributed by atoms with van der Waals surface area (Å²) in [6.45, 7) is 12.6. The zero-order valence-corrected chi connectivity index (χ0v) is 11.4. The van der Waals surface area contributed by atoms with Crippen LogP contribution in [-0.4, -0.2) is 12.2 Å². The molecule has 0 spiro atoms. The molecule has 0 saturated heterocycles. The second-order valence-electron chi connectivity index (χ2n) is 6.14. The summed E-state index contributed by atoms with van der Waals surface area (Å²) in [5.41, 5.74) is 0.0718. The van der Waals surface area contributed by atoms with Gasteiger partial charge in [-0.2, -0.15) is 0 Å². The highest BCUT2D eigenvalue weighted by atomic mass is 32.1. The SMILES string of the molecule is CC(C)(C)CC(OC(=O)NS)C(C)(C)C. The Morgan fingerprint density at radius 2 is 1.73 bits per heavy atom. The lowest BCUT2D eigenvalue weighted by Gasteiger charge is -2.34. The van der Waals surface area contributed by atoms with E-state index in [2.05, 4.69) is 59.1 Å². The smallest absolute Gasteiger partial charge is 0.417 e. The third kappa shape index (κ3) is 6.66. The molecule has 0 radical (unpaired) electrons. The second kappa shape index (κ2) is 5.10. The van der Waals surface area contributed by atoms with Gasteiger partial charge in [0.2, 0.25) is 0 Å². The van der Waals surface area contributed by atoms with Crippen molar-refractivity contribution in [1.29, 1.82) is 0 Å². The van der Waals surface area contributed by atoms with Crippen molar-refractivity contribution in [3.05, 3.63) is 0 Å². The predicted octanol–water partition coefficient (Wildman–Crippen LogP) is 3.41. The fourth-order valence-corrected chi connectivity index (χ4v) is 1.29. The van der Waals surface area contributed by atoms with Crippen molar-refractivity contribution in [2.24, 2.45) is 10.8 Å². The highest BCUT2D eigenvalue weighted by Crippen LogP contribution is 2.32. The molecule has 0 aliphatic rings. The van der Waals surface area contributed by atoms with Gasteiger partial charge < -0.3 is 4.74 Å². The summed E-state index contributed by atoms with van der Waals surface area (Å²) >= 11 is 3.67. The van der Waals surface area contributed by atoms with Gasteiger partial charge in [-0.25, -0.2) is 4.79 Å². The van der Waals surface area contributed by atoms with Crippen LogP contribution in [0.2, 0.25) is 0 Å². The van der Waals surface area contributed by atoms with Gasteiger partial charge in [-0.1, -0.05) is 54.4 Å². The van der Waals surface area contributed by atoms with Gasteiger partial charge in [0, 0.05) is 0 Å². The molecular formula is C11H23NO2S. The van der Waals surface area contributed by atoms with Gasteiger partial charge in [-0.15, -0.1) is 0 Å². The van der Waals surface area contributed by atoms with Gasteiger partial charge in [-0.3, -0.25) is 4.72 Å². The first-order valence-corrected chi connectivity index (χ1v) is 5.62. The third-order valence-corrected chi connectivity index (χ3v) is 2.29. The molecule has 1 N–H and O–H groups in total. The maximum absolute atomic E-state index is 11.1. The van der Waals surface area contributed by atoms with Crippen molar-refractivity contribution in [3.8, 4) is 0 Å². The van der Waals surface area contributed by atoms with Gasteiger partial charge in [0.05, 0.1) is 0 Å². The average molecular weight is 233 g/mol. The van der Waals surface area contributed by atoms with E-state index in [4.69, 9.17) is 4.74 Å². The summed E-state index contributed by atoms with van der Waals surface area (Å²) in [6, 6.07) is 0. The van der Waals surface area contributed by atoms with E-state index in [-0.39, 0.29) is 16.9 Å². The Balaban J connectivity index is 4.54. The number of rotatable bonds is 2. The number of amides is 1. The van der Waals surface area contributed by atoms with Gasteiger partial charge in [0.1, 0.15) is 6.10 Å². The molecule has 3 nitrogen and oxygen atoms in total. The van der Waals surface area contributed by atoms with E-state index in [0.29, 0.717) is 0 Å². The molecule has 0 saturated carbocycles. The number of hydrogen-bond acceptors (Lipinski definition) is 3. The standard InChI is InChI=1S/C11H23NO2S/c1-10(2,3)7-8(11(4,5)6)14-9(13)12-15/h8,15H,7H2,1-6H3,(H,12,13). The summed E-state index contributed by atoms with van der Waals surface area (Å²) in [4.78, 5) is 11.1. The summed E-state index contributed by atoms with van der Waals surface area (Å²) in [7, 11) is 0. The molecule has 15 heavy (non-hydrogen) atoms. The van der Waals surface area contributed by atoms with Crippen molar-refractivity contribution < 1.29 is 9.53 Å². The molecule has 0 rings (SSSR count). The number of thiol groups is 1. The molecule has 1 amide bonds. The van der Waals surface area contributed by atoms with Crippen LogP contribution in [-0.2, 0) is 4.74 Å². The molecule has 90 valence electrons. The Bertz CT molecular complexity index is 216. The van der Waals surface area contributed by atoms with Crippen molar-refractivity contribution in [3.63, 3.8) is 0 Å². The van der Waals surface area contributed by atoms with Crippen LogP contribution >= 0.6 is 12.8 Å². The van der Waals surface area contributed by atoms with Crippen molar-refractivity contribution in [2.75, 3.05) is 0 Å². The molecule has 0 aromatic heterocycles. The molecule has 0 bridgehead atoms. The lowest BCUT2D eigenvalue weighted by molar-refractivity contribution is 0.00927. The number of ether oxygens (including phenoxy) is 1. The van der Waals surface area contributed by atoms with Gasteiger partial charge >= 0.3 is 6.09 Å². The first-order chi connectivity index (χ1) is 6.56. The van der Waals surface area contributed by atoms with Crippen LogP contribution in [0.15, 0.2) is 0 Å². The van der Waals surface area contributed by atoms with E-state index >= 15 is 0 Å². The first-order valence-electron chi connectivity index (χ1n) is 5.17. The normalized spacial score (nSPS) is 14.6. The number of hydrogen-bond donors (Lipinski definition) is 2. The van der Waals surface area contributed by atoms with Gasteiger partial charge in [0.25, 0.3) is 0 Å². The molecule has 0 aromatic carbocycles. The van der Waals surface area contributed by atoms with Crippen LogP contribution in [0, 0.1) is 10.8 Å². The van der Waals surface area contributed by atoms with Crippen molar-refractivity contribution >= 4 is 18.9 Å². The fraction of sp³-hybridized carbons (Fsp3) is 0.909. The Morgan fingerprint density at radius 3 is 2.00 bits per heavy atom. The molecule has 4 heteroatoms. The van der Waals surface area contributed by atoms with Crippen LogP contribution < -0.4 is 4.72 Å². The van der Waals surface area contributed by atoms with Crippen molar-refractivity contribution in [1.82, 2.24) is 4.72 Å². The zero-order chi connectivity index (χ0) is 12.3. The van der Waals surface area contributed by atoms with E-state index in [1.807, 2.05) is 0 Å². The summed E-state index contributed by atoms with van der Waals surface area (Å²) in [5.74, 6) is 0. The van der Waals surface area contributed by atoms with Gasteiger partial charge in [-0.05, 0) is 17.3 Å². The third-order valence-electron chi connectivity index (χ3n) is 2.10. The quantitative estimate of drug-likeness (QED) is 0.717. The minimum Gasteiger partial charge on any atom is -0.445 e. The van der Waals surface area contributed by atoms with Crippen LogP contribution in [0.25, 0.3) is 0 Å². The summed E-state index contributed by atoms with van der Waals surface area (Å²) < 4.78 is 7.50. The molecule has 1 unspecified atom stereocenters. The molecule has 0 aliphatic carbocycles. The maximum atomic E-state index is 11.1. The largest absolute Gasteiger partial charge is 0.445 e.